The van der Waals surface area contributed by atoms with Gasteiger partial charge in [0.2, 0.25) is 0 Å². The Kier molecular flexibility index (Phi) is 3.97. The van der Waals surface area contributed by atoms with Gasteiger partial charge < -0.3 is 10.6 Å². The first kappa shape index (κ1) is 12.3. The summed E-state index contributed by atoms with van der Waals surface area (Å²) in [5.74, 6) is 1.07. The van der Waals surface area contributed by atoms with Crippen LogP contribution in [0.2, 0.25) is 0 Å². The highest BCUT2D eigenvalue weighted by Crippen LogP contribution is 2.18. The minimum absolute atomic E-state index is 0.563. The molecule has 1 aromatic heterocycles. The molecule has 4 heteroatoms. The summed E-state index contributed by atoms with van der Waals surface area (Å²) in [6, 6.07) is 4.66. The van der Waals surface area contributed by atoms with E-state index in [4.69, 9.17) is 5.73 Å². The molecule has 4 nitrogen and oxygen atoms in total. The standard InChI is InChI=1S/C13H22N4/c1-11(2)16-6-8-17(9-7-16)13-12(10-14)4-3-5-15-13/h3-5,11H,6-10,14H2,1-2H3. The van der Waals surface area contributed by atoms with E-state index in [1.807, 2.05) is 12.3 Å². The summed E-state index contributed by atoms with van der Waals surface area (Å²) >= 11 is 0. The van der Waals surface area contributed by atoms with Crippen molar-refractivity contribution < 1.29 is 0 Å². The van der Waals surface area contributed by atoms with E-state index in [9.17, 15) is 0 Å². The van der Waals surface area contributed by atoms with Crippen molar-refractivity contribution in [2.75, 3.05) is 31.1 Å². The first-order valence-corrected chi connectivity index (χ1v) is 6.35. The maximum absolute atomic E-state index is 5.76. The van der Waals surface area contributed by atoms with E-state index in [0.29, 0.717) is 12.6 Å². The maximum atomic E-state index is 5.76. The molecule has 94 valence electrons. The highest BCUT2D eigenvalue weighted by atomic mass is 15.3. The Morgan fingerprint density at radius 3 is 2.59 bits per heavy atom. The summed E-state index contributed by atoms with van der Waals surface area (Å²) < 4.78 is 0. The average molecular weight is 234 g/mol. The molecule has 0 amide bonds. The second-order valence-electron chi connectivity index (χ2n) is 4.81. The van der Waals surface area contributed by atoms with Gasteiger partial charge in [0.15, 0.2) is 0 Å². The molecule has 0 saturated carbocycles. The van der Waals surface area contributed by atoms with Crippen LogP contribution in [-0.4, -0.2) is 42.1 Å². The average Bonchev–Trinajstić information content (AvgIpc) is 2.39. The zero-order chi connectivity index (χ0) is 12.3. The molecule has 2 heterocycles. The van der Waals surface area contributed by atoms with Crippen molar-refractivity contribution in [3.8, 4) is 0 Å². The number of nitrogens with zero attached hydrogens (tertiary/aromatic N) is 3. The second-order valence-corrected chi connectivity index (χ2v) is 4.81. The van der Waals surface area contributed by atoms with Gasteiger partial charge in [0, 0.05) is 50.5 Å². The van der Waals surface area contributed by atoms with Crippen LogP contribution in [0.1, 0.15) is 19.4 Å². The van der Waals surface area contributed by atoms with E-state index in [1.165, 1.54) is 0 Å². The Morgan fingerprint density at radius 1 is 1.29 bits per heavy atom. The fourth-order valence-electron chi connectivity index (χ4n) is 2.32. The van der Waals surface area contributed by atoms with Crippen molar-refractivity contribution in [3.05, 3.63) is 23.9 Å². The first-order valence-electron chi connectivity index (χ1n) is 6.35. The smallest absolute Gasteiger partial charge is 0.133 e. The van der Waals surface area contributed by atoms with Gasteiger partial charge in [-0.3, -0.25) is 4.90 Å². The number of nitrogens with two attached hydrogens (primary N) is 1. The van der Waals surface area contributed by atoms with Crippen LogP contribution in [0.25, 0.3) is 0 Å². The Hall–Kier alpha value is -1.13. The lowest BCUT2D eigenvalue weighted by molar-refractivity contribution is 0.209. The molecule has 0 spiro atoms. The molecule has 17 heavy (non-hydrogen) atoms. The van der Waals surface area contributed by atoms with Crippen LogP contribution in [0.3, 0.4) is 0 Å². The number of anilines is 1. The second kappa shape index (κ2) is 5.47. The molecular formula is C13H22N4. The van der Waals surface area contributed by atoms with Crippen molar-refractivity contribution in [2.45, 2.75) is 26.4 Å². The number of piperazine rings is 1. The molecule has 1 fully saturated rings. The molecule has 1 aliphatic heterocycles. The molecule has 1 aromatic rings. The summed E-state index contributed by atoms with van der Waals surface area (Å²) in [6.07, 6.45) is 1.85. The first-order chi connectivity index (χ1) is 8.22. The molecule has 1 aliphatic rings. The van der Waals surface area contributed by atoms with Crippen molar-refractivity contribution >= 4 is 5.82 Å². The van der Waals surface area contributed by atoms with Crippen molar-refractivity contribution in [2.24, 2.45) is 5.73 Å². The van der Waals surface area contributed by atoms with Crippen LogP contribution in [0, 0.1) is 0 Å². The third-order valence-corrected chi connectivity index (χ3v) is 3.43. The largest absolute Gasteiger partial charge is 0.354 e. The number of pyridine rings is 1. The van der Waals surface area contributed by atoms with Gasteiger partial charge in [-0.05, 0) is 19.9 Å². The zero-order valence-corrected chi connectivity index (χ0v) is 10.8. The monoisotopic (exact) mass is 234 g/mol. The lowest BCUT2D eigenvalue weighted by Crippen LogP contribution is -2.49. The Balaban J connectivity index is 2.05. The van der Waals surface area contributed by atoms with Crippen LogP contribution >= 0.6 is 0 Å². The predicted octanol–water partition coefficient (Wildman–Crippen LogP) is 1.07. The lowest BCUT2D eigenvalue weighted by atomic mass is 10.2. The van der Waals surface area contributed by atoms with E-state index in [1.54, 1.807) is 0 Å². The summed E-state index contributed by atoms with van der Waals surface area (Å²) in [6.45, 7) is 9.37. The topological polar surface area (TPSA) is 45.4 Å². The van der Waals surface area contributed by atoms with Crippen molar-refractivity contribution in [1.82, 2.24) is 9.88 Å². The van der Waals surface area contributed by atoms with Crippen LogP contribution in [-0.2, 0) is 6.54 Å². The van der Waals surface area contributed by atoms with E-state index in [2.05, 4.69) is 34.7 Å². The van der Waals surface area contributed by atoms with Crippen LogP contribution in [0.15, 0.2) is 18.3 Å². The lowest BCUT2D eigenvalue weighted by Gasteiger charge is -2.38. The highest BCUT2D eigenvalue weighted by molar-refractivity contribution is 5.47. The zero-order valence-electron chi connectivity index (χ0n) is 10.8. The number of rotatable bonds is 3. The van der Waals surface area contributed by atoms with Gasteiger partial charge in [0.05, 0.1) is 0 Å². The molecule has 2 rings (SSSR count). The maximum Gasteiger partial charge on any atom is 0.133 e. The van der Waals surface area contributed by atoms with Crippen molar-refractivity contribution in [3.63, 3.8) is 0 Å². The number of hydrogen-bond donors (Lipinski definition) is 1. The fourth-order valence-corrected chi connectivity index (χ4v) is 2.32. The molecule has 0 aliphatic carbocycles. The normalized spacial score (nSPS) is 17.8. The van der Waals surface area contributed by atoms with E-state index >= 15 is 0 Å². The molecule has 0 bridgehead atoms. The molecule has 2 N–H and O–H groups in total. The molecular weight excluding hydrogens is 212 g/mol. The van der Waals surface area contributed by atoms with Gasteiger partial charge in [-0.2, -0.15) is 0 Å². The fraction of sp³-hybridized carbons (Fsp3) is 0.615. The Labute approximate surface area is 103 Å². The van der Waals surface area contributed by atoms with Gasteiger partial charge in [0.25, 0.3) is 0 Å². The molecule has 0 unspecified atom stereocenters. The van der Waals surface area contributed by atoms with Gasteiger partial charge in [-0.1, -0.05) is 6.07 Å². The van der Waals surface area contributed by atoms with E-state index in [0.717, 1.165) is 37.6 Å². The third-order valence-electron chi connectivity index (χ3n) is 3.43. The summed E-state index contributed by atoms with van der Waals surface area (Å²) in [5.41, 5.74) is 6.90. The van der Waals surface area contributed by atoms with E-state index in [-0.39, 0.29) is 0 Å². The van der Waals surface area contributed by atoms with E-state index < -0.39 is 0 Å². The SMILES string of the molecule is CC(C)N1CCN(c2ncccc2CN)CC1. The molecule has 1 saturated heterocycles. The predicted molar refractivity (Wildman–Crippen MR) is 71.1 cm³/mol. The van der Waals surface area contributed by atoms with Crippen LogP contribution in [0.4, 0.5) is 5.82 Å². The summed E-state index contributed by atoms with van der Waals surface area (Å²) in [5, 5.41) is 0. The van der Waals surface area contributed by atoms with Crippen molar-refractivity contribution in [1.29, 1.82) is 0 Å². The van der Waals surface area contributed by atoms with Gasteiger partial charge >= 0.3 is 0 Å². The number of aromatic nitrogens is 1. The van der Waals surface area contributed by atoms with Crippen LogP contribution in [0.5, 0.6) is 0 Å². The molecule has 0 aromatic carbocycles. The molecule has 0 radical (unpaired) electrons. The Bertz CT molecular complexity index is 356. The Morgan fingerprint density at radius 2 is 2.00 bits per heavy atom. The van der Waals surface area contributed by atoms with Gasteiger partial charge in [0.1, 0.15) is 5.82 Å². The molecule has 0 atom stereocenters. The summed E-state index contributed by atoms with van der Waals surface area (Å²) in [4.78, 5) is 9.32. The minimum Gasteiger partial charge on any atom is -0.354 e. The highest BCUT2D eigenvalue weighted by Gasteiger charge is 2.20. The van der Waals surface area contributed by atoms with Crippen LogP contribution < -0.4 is 10.6 Å². The number of hydrogen-bond acceptors (Lipinski definition) is 4. The summed E-state index contributed by atoms with van der Waals surface area (Å²) in [7, 11) is 0. The van der Waals surface area contributed by atoms with Gasteiger partial charge in [-0.25, -0.2) is 4.98 Å². The quantitative estimate of drug-likeness (QED) is 0.850. The van der Waals surface area contributed by atoms with Gasteiger partial charge in [-0.15, -0.1) is 0 Å². The third kappa shape index (κ3) is 2.76. The minimum atomic E-state index is 0.563.